The minimum absolute atomic E-state index is 0.00229. The van der Waals surface area contributed by atoms with Gasteiger partial charge in [0.2, 0.25) is 11.8 Å². The van der Waals surface area contributed by atoms with E-state index in [2.05, 4.69) is 25.9 Å². The van der Waals surface area contributed by atoms with E-state index in [0.29, 0.717) is 42.7 Å². The number of ketones is 2. The summed E-state index contributed by atoms with van der Waals surface area (Å²) in [4.78, 5) is 60.1. The minimum atomic E-state index is -0.427. The maximum atomic E-state index is 13.2. The average Bonchev–Trinajstić information content (AvgIpc) is 3.15. The van der Waals surface area contributed by atoms with Gasteiger partial charge in [0.15, 0.2) is 11.6 Å². The highest BCUT2D eigenvalue weighted by atomic mass is 16.3. The quantitative estimate of drug-likeness (QED) is 0.0453. The second-order valence-electron chi connectivity index (χ2n) is 12.3. The summed E-state index contributed by atoms with van der Waals surface area (Å²) in [6.45, 7) is 1.26. The van der Waals surface area contributed by atoms with Gasteiger partial charge in [0, 0.05) is 72.8 Å². The van der Waals surface area contributed by atoms with Gasteiger partial charge in [-0.25, -0.2) is 0 Å². The zero-order chi connectivity index (χ0) is 36.9. The Balaban J connectivity index is 1.01. The molecular weight excluding hydrogens is 662 g/mol. The molecule has 52 heavy (non-hydrogen) atoms. The molecule has 1 aliphatic rings. The van der Waals surface area contributed by atoms with E-state index in [0.717, 1.165) is 6.42 Å². The second-order valence-corrected chi connectivity index (χ2v) is 12.3. The molecule has 0 aromatic heterocycles. The van der Waals surface area contributed by atoms with Crippen LogP contribution in [-0.2, 0) is 9.59 Å². The van der Waals surface area contributed by atoms with Crippen LogP contribution in [-0.4, -0.2) is 83.4 Å². The Morgan fingerprint density at radius 2 is 1.21 bits per heavy atom. The predicted octanol–water partition coefficient (Wildman–Crippen LogP) is 4.78. The summed E-state index contributed by atoms with van der Waals surface area (Å²) in [5, 5.41) is 39.1. The number of amides is 2. The van der Waals surface area contributed by atoms with Gasteiger partial charge in [-0.05, 0) is 55.7 Å². The molecule has 0 bridgehead atoms. The standard InChI is InChI=1S/C40H41N5O7/c46-32-14-5-1-9-26(32)23-41-25-28(45-24-27-10-2-6-15-33(27)47)11-7-8-20-43-35(49)18-19-36(50)44-22-21-42-31-16-17-34(48)38-37(31)39(51)29-12-3-4-13-30(29)40(38)52/h1-6,9-10,12-17,23-24,28,42,46-48H,7-8,11,18-22,25H2,(H,43,49)(H,44,50). The van der Waals surface area contributed by atoms with Crippen LogP contribution in [0.5, 0.6) is 17.2 Å². The number of para-hydroxylation sites is 2. The number of phenols is 3. The maximum Gasteiger partial charge on any atom is 0.220 e. The Bertz CT molecular complexity index is 1990. The lowest BCUT2D eigenvalue weighted by Gasteiger charge is -2.21. The van der Waals surface area contributed by atoms with Crippen LogP contribution in [0.1, 0.15) is 75.1 Å². The van der Waals surface area contributed by atoms with E-state index in [-0.39, 0.29) is 89.1 Å². The number of phenolic OH excluding ortho intramolecular Hbond substituents is 3. The molecule has 12 heteroatoms. The lowest BCUT2D eigenvalue weighted by Crippen LogP contribution is -2.31. The fourth-order valence-electron chi connectivity index (χ4n) is 5.75. The number of nitrogens with zero attached hydrogens (tertiary/aromatic N) is 2. The van der Waals surface area contributed by atoms with Gasteiger partial charge >= 0.3 is 0 Å². The smallest absolute Gasteiger partial charge is 0.220 e. The van der Waals surface area contributed by atoms with E-state index >= 15 is 0 Å². The summed E-state index contributed by atoms with van der Waals surface area (Å²) >= 11 is 0. The van der Waals surface area contributed by atoms with E-state index in [1.807, 2.05) is 12.1 Å². The number of rotatable bonds is 17. The van der Waals surface area contributed by atoms with Crippen LogP contribution >= 0.6 is 0 Å². The monoisotopic (exact) mass is 703 g/mol. The molecular formula is C40H41N5O7. The van der Waals surface area contributed by atoms with E-state index in [4.69, 9.17) is 0 Å². The van der Waals surface area contributed by atoms with Gasteiger partial charge in [-0.15, -0.1) is 0 Å². The van der Waals surface area contributed by atoms with Crippen LogP contribution in [0.15, 0.2) is 94.9 Å². The van der Waals surface area contributed by atoms with Crippen molar-refractivity contribution >= 4 is 41.5 Å². The Kier molecular flexibility index (Phi) is 12.9. The number of fused-ring (bicyclic) bond motifs is 2. The number of carbonyl (C=O) groups excluding carboxylic acids is 4. The van der Waals surface area contributed by atoms with Crippen LogP contribution in [0.3, 0.4) is 0 Å². The van der Waals surface area contributed by atoms with Gasteiger partial charge in [0.05, 0.1) is 23.7 Å². The largest absolute Gasteiger partial charge is 0.507 e. The fourth-order valence-corrected chi connectivity index (χ4v) is 5.75. The molecule has 1 unspecified atom stereocenters. The molecule has 12 nitrogen and oxygen atoms in total. The molecule has 0 spiro atoms. The van der Waals surface area contributed by atoms with Crippen LogP contribution < -0.4 is 16.0 Å². The summed E-state index contributed by atoms with van der Waals surface area (Å²) in [5.74, 6) is -1.35. The first-order valence-electron chi connectivity index (χ1n) is 17.1. The predicted molar refractivity (Wildman–Crippen MR) is 199 cm³/mol. The summed E-state index contributed by atoms with van der Waals surface area (Å²) in [6.07, 6.45) is 5.38. The topological polar surface area (TPSA) is 190 Å². The Hall–Kier alpha value is -6.30. The number of anilines is 1. The Labute approximate surface area is 301 Å². The van der Waals surface area contributed by atoms with Crippen molar-refractivity contribution in [2.75, 3.05) is 31.5 Å². The van der Waals surface area contributed by atoms with E-state index < -0.39 is 5.78 Å². The minimum Gasteiger partial charge on any atom is -0.507 e. The van der Waals surface area contributed by atoms with Gasteiger partial charge in [-0.3, -0.25) is 29.2 Å². The van der Waals surface area contributed by atoms with Gasteiger partial charge in [-0.2, -0.15) is 0 Å². The summed E-state index contributed by atoms with van der Waals surface area (Å²) < 4.78 is 0. The highest BCUT2D eigenvalue weighted by Gasteiger charge is 2.33. The van der Waals surface area contributed by atoms with Crippen molar-refractivity contribution in [3.05, 3.63) is 118 Å². The molecule has 1 atom stereocenters. The highest BCUT2D eigenvalue weighted by molar-refractivity contribution is 6.31. The van der Waals surface area contributed by atoms with E-state index in [9.17, 15) is 34.5 Å². The van der Waals surface area contributed by atoms with Crippen molar-refractivity contribution in [3.8, 4) is 17.2 Å². The zero-order valence-corrected chi connectivity index (χ0v) is 28.5. The molecule has 0 saturated carbocycles. The van der Waals surface area contributed by atoms with Crippen molar-refractivity contribution in [1.82, 2.24) is 10.6 Å². The summed E-state index contributed by atoms with van der Waals surface area (Å²) in [7, 11) is 0. The number of unbranched alkanes of at least 4 members (excludes halogenated alkanes) is 1. The fraction of sp³-hybridized carbons (Fsp3) is 0.250. The molecule has 1 aliphatic carbocycles. The molecule has 4 aromatic carbocycles. The molecule has 0 aliphatic heterocycles. The number of benzene rings is 4. The van der Waals surface area contributed by atoms with Crippen LogP contribution in [0.25, 0.3) is 0 Å². The first kappa shape index (κ1) is 37.0. The molecule has 0 fully saturated rings. The molecule has 4 aromatic rings. The third-order valence-corrected chi connectivity index (χ3v) is 8.53. The number of hydrogen-bond acceptors (Lipinski definition) is 10. The molecule has 0 heterocycles. The lowest BCUT2D eigenvalue weighted by molar-refractivity contribution is -0.126. The van der Waals surface area contributed by atoms with Gasteiger partial charge in [0.1, 0.15) is 17.2 Å². The van der Waals surface area contributed by atoms with Gasteiger partial charge in [-0.1, -0.05) is 48.5 Å². The van der Waals surface area contributed by atoms with Gasteiger partial charge < -0.3 is 31.3 Å². The van der Waals surface area contributed by atoms with Crippen molar-refractivity contribution in [3.63, 3.8) is 0 Å². The molecule has 268 valence electrons. The van der Waals surface area contributed by atoms with Crippen LogP contribution in [0.4, 0.5) is 5.69 Å². The lowest BCUT2D eigenvalue weighted by atomic mass is 9.82. The molecule has 2 amide bonds. The third kappa shape index (κ3) is 9.69. The SMILES string of the molecule is O=C(CCC(=O)NCCNc1ccc(O)c2c1C(=O)c1ccccc1C2=O)NCCCCC(CN=Cc1ccccc1O)N=Cc1ccccc1O. The normalized spacial score (nSPS) is 12.8. The maximum absolute atomic E-state index is 13.2. The van der Waals surface area contributed by atoms with Gasteiger partial charge in [0.25, 0.3) is 0 Å². The molecule has 5 rings (SSSR count). The first-order chi connectivity index (χ1) is 25.2. The van der Waals surface area contributed by atoms with Crippen LogP contribution in [0, 0.1) is 0 Å². The average molecular weight is 704 g/mol. The Morgan fingerprint density at radius 1 is 0.635 bits per heavy atom. The number of hydrogen-bond donors (Lipinski definition) is 6. The highest BCUT2D eigenvalue weighted by Crippen LogP contribution is 2.36. The van der Waals surface area contributed by atoms with Crippen molar-refractivity contribution in [2.24, 2.45) is 9.98 Å². The van der Waals surface area contributed by atoms with Crippen molar-refractivity contribution in [1.29, 1.82) is 0 Å². The van der Waals surface area contributed by atoms with E-state index in [1.165, 1.54) is 12.1 Å². The van der Waals surface area contributed by atoms with Crippen LogP contribution in [0.2, 0.25) is 0 Å². The number of aliphatic imine (C=N–C) groups is 2. The number of aromatic hydroxyl groups is 3. The number of carbonyl (C=O) groups is 4. The van der Waals surface area contributed by atoms with Crippen molar-refractivity contribution < 1.29 is 34.5 Å². The van der Waals surface area contributed by atoms with E-state index in [1.54, 1.807) is 73.1 Å². The second kappa shape index (κ2) is 18.1. The molecule has 0 radical (unpaired) electrons. The third-order valence-electron chi connectivity index (χ3n) is 8.53. The molecule has 0 saturated heterocycles. The Morgan fingerprint density at radius 3 is 1.87 bits per heavy atom. The van der Waals surface area contributed by atoms with Crippen molar-refractivity contribution in [2.45, 2.75) is 38.1 Å². The molecule has 6 N–H and O–H groups in total. The summed E-state index contributed by atoms with van der Waals surface area (Å²) in [6, 6.07) is 23.0. The zero-order valence-electron chi connectivity index (χ0n) is 28.5. The number of nitrogens with one attached hydrogen (secondary N) is 3. The summed E-state index contributed by atoms with van der Waals surface area (Å²) in [5.41, 5.74) is 2.15. The first-order valence-corrected chi connectivity index (χ1v) is 17.1.